The molecule has 2 aliphatic heterocycles. The molecule has 0 spiro atoms. The molecule has 2 aliphatic rings. The molecular weight excluding hydrogens is 325 g/mol. The summed E-state index contributed by atoms with van der Waals surface area (Å²) < 4.78 is 1.89. The molecule has 2 atom stereocenters. The molecule has 1 fully saturated rings. The number of fused-ring (bicyclic) bond motifs is 4. The Kier molecular flexibility index (Phi) is 3.31. The molecule has 0 saturated carbocycles. The van der Waals surface area contributed by atoms with E-state index in [-0.39, 0.29) is 22.0 Å². The third-order valence-corrected chi connectivity index (χ3v) is 4.67. The lowest BCUT2D eigenvalue weighted by Crippen LogP contribution is -2.47. The van der Waals surface area contributed by atoms with Gasteiger partial charge in [0.05, 0.1) is 0 Å². The molecule has 2 aromatic rings. The zero-order valence-electron chi connectivity index (χ0n) is 11.6. The van der Waals surface area contributed by atoms with Crippen LogP contribution < -0.4 is 10.5 Å². The Morgan fingerprint density at radius 1 is 1.05 bits per heavy atom. The van der Waals surface area contributed by atoms with E-state index in [0.717, 1.165) is 31.7 Å². The molecule has 4 rings (SSSR count). The van der Waals surface area contributed by atoms with Crippen LogP contribution in [0.2, 0.25) is 10.6 Å². The van der Waals surface area contributed by atoms with Gasteiger partial charge >= 0.3 is 0 Å². The number of hydrogen-bond donors (Lipinski definition) is 0. The van der Waals surface area contributed by atoms with Crippen molar-refractivity contribution in [2.75, 3.05) is 18.0 Å². The lowest BCUT2D eigenvalue weighted by molar-refractivity contribution is 0.279. The SMILES string of the molecule is O=c1cccc2n1CC1CC2CN(c2nc(Cl)nc(Cl)n2)C1. The molecule has 114 valence electrons. The molecule has 2 unspecified atom stereocenters. The molecule has 4 heterocycles. The summed E-state index contributed by atoms with van der Waals surface area (Å²) in [5.74, 6) is 1.18. The number of hydrogen-bond acceptors (Lipinski definition) is 5. The lowest BCUT2D eigenvalue weighted by atomic mass is 9.83. The highest BCUT2D eigenvalue weighted by Crippen LogP contribution is 2.36. The van der Waals surface area contributed by atoms with Gasteiger partial charge in [-0.3, -0.25) is 4.79 Å². The average molecular weight is 338 g/mol. The maximum Gasteiger partial charge on any atom is 0.250 e. The number of rotatable bonds is 1. The Labute approximate surface area is 136 Å². The Bertz CT molecular complexity index is 773. The predicted molar refractivity (Wildman–Crippen MR) is 83.6 cm³/mol. The Morgan fingerprint density at radius 3 is 2.59 bits per heavy atom. The number of halogens is 2. The monoisotopic (exact) mass is 337 g/mol. The van der Waals surface area contributed by atoms with Crippen molar-refractivity contribution in [3.63, 3.8) is 0 Å². The van der Waals surface area contributed by atoms with Gasteiger partial charge in [0.2, 0.25) is 16.5 Å². The first kappa shape index (κ1) is 14.0. The van der Waals surface area contributed by atoms with Crippen molar-refractivity contribution in [2.45, 2.75) is 18.9 Å². The summed E-state index contributed by atoms with van der Waals surface area (Å²) in [6, 6.07) is 5.47. The van der Waals surface area contributed by atoms with Crippen LogP contribution in [-0.4, -0.2) is 32.6 Å². The second kappa shape index (κ2) is 5.21. The van der Waals surface area contributed by atoms with Crippen molar-refractivity contribution >= 4 is 29.2 Å². The summed E-state index contributed by atoms with van der Waals surface area (Å²) >= 11 is 11.7. The maximum atomic E-state index is 12.0. The van der Waals surface area contributed by atoms with Crippen LogP contribution in [0.4, 0.5) is 5.95 Å². The standard InChI is InChI=1S/C14H13Cl2N5O/c15-12-17-13(16)19-14(18-12)20-5-8-4-9(7-20)10-2-1-3-11(22)21(10)6-8/h1-3,8-9H,4-7H2. The van der Waals surface area contributed by atoms with Gasteiger partial charge in [-0.2, -0.15) is 15.0 Å². The molecule has 22 heavy (non-hydrogen) atoms. The normalized spacial score (nSPS) is 23.3. The topological polar surface area (TPSA) is 63.9 Å². The van der Waals surface area contributed by atoms with Crippen LogP contribution in [0, 0.1) is 5.92 Å². The molecular formula is C14H13Cl2N5O. The summed E-state index contributed by atoms with van der Waals surface area (Å²) in [6.45, 7) is 2.26. The van der Waals surface area contributed by atoms with Crippen molar-refractivity contribution in [3.05, 3.63) is 44.8 Å². The summed E-state index contributed by atoms with van der Waals surface area (Å²) in [5.41, 5.74) is 1.16. The minimum Gasteiger partial charge on any atom is -0.340 e. The zero-order chi connectivity index (χ0) is 15.3. The van der Waals surface area contributed by atoms with Crippen LogP contribution in [0.1, 0.15) is 18.0 Å². The third kappa shape index (κ3) is 2.36. The fourth-order valence-electron chi connectivity index (χ4n) is 3.52. The van der Waals surface area contributed by atoms with Gasteiger partial charge in [-0.05, 0) is 41.6 Å². The van der Waals surface area contributed by atoms with E-state index in [1.165, 1.54) is 0 Å². The van der Waals surface area contributed by atoms with Crippen molar-refractivity contribution in [1.29, 1.82) is 0 Å². The van der Waals surface area contributed by atoms with E-state index >= 15 is 0 Å². The van der Waals surface area contributed by atoms with Gasteiger partial charge in [-0.15, -0.1) is 0 Å². The number of nitrogens with zero attached hydrogens (tertiary/aromatic N) is 5. The minimum absolute atomic E-state index is 0.0758. The van der Waals surface area contributed by atoms with Crippen molar-refractivity contribution in [3.8, 4) is 0 Å². The Hall–Kier alpha value is -1.66. The molecule has 0 amide bonds. The highest BCUT2D eigenvalue weighted by molar-refractivity contribution is 6.31. The molecule has 0 radical (unpaired) electrons. The fraction of sp³-hybridized carbons (Fsp3) is 0.429. The van der Waals surface area contributed by atoms with Crippen LogP contribution in [-0.2, 0) is 6.54 Å². The maximum absolute atomic E-state index is 12.0. The highest BCUT2D eigenvalue weighted by Gasteiger charge is 2.35. The van der Waals surface area contributed by atoms with Crippen LogP contribution in [0.3, 0.4) is 0 Å². The van der Waals surface area contributed by atoms with Gasteiger partial charge in [0.15, 0.2) is 0 Å². The van der Waals surface area contributed by atoms with Gasteiger partial charge in [-0.25, -0.2) is 0 Å². The molecule has 2 aromatic heterocycles. The van der Waals surface area contributed by atoms with Crippen molar-refractivity contribution < 1.29 is 0 Å². The summed E-state index contributed by atoms with van der Waals surface area (Å²) in [7, 11) is 0. The molecule has 0 N–H and O–H groups in total. The average Bonchev–Trinajstić information content (AvgIpc) is 2.47. The van der Waals surface area contributed by atoms with Gasteiger partial charge in [-0.1, -0.05) is 6.07 Å². The Balaban J connectivity index is 1.70. The first-order valence-corrected chi connectivity index (χ1v) is 7.87. The number of pyridine rings is 1. The fourth-order valence-corrected chi connectivity index (χ4v) is 3.87. The lowest BCUT2D eigenvalue weighted by Gasteiger charge is -2.42. The Morgan fingerprint density at radius 2 is 1.82 bits per heavy atom. The van der Waals surface area contributed by atoms with E-state index in [9.17, 15) is 4.79 Å². The first-order chi connectivity index (χ1) is 10.6. The van der Waals surface area contributed by atoms with E-state index in [1.807, 2.05) is 16.7 Å². The molecule has 0 aromatic carbocycles. The number of anilines is 1. The highest BCUT2D eigenvalue weighted by atomic mass is 35.5. The van der Waals surface area contributed by atoms with E-state index in [0.29, 0.717) is 11.9 Å². The quantitative estimate of drug-likeness (QED) is 0.795. The second-order valence-corrected chi connectivity index (χ2v) is 6.45. The van der Waals surface area contributed by atoms with Crippen LogP contribution in [0.15, 0.2) is 23.0 Å². The van der Waals surface area contributed by atoms with Crippen molar-refractivity contribution in [2.24, 2.45) is 5.92 Å². The predicted octanol–water partition coefficient (Wildman–Crippen LogP) is 1.96. The summed E-state index contributed by atoms with van der Waals surface area (Å²) in [6.07, 6.45) is 1.08. The smallest absolute Gasteiger partial charge is 0.250 e. The van der Waals surface area contributed by atoms with Crippen LogP contribution in [0.25, 0.3) is 0 Å². The molecule has 8 heteroatoms. The molecule has 0 aliphatic carbocycles. The minimum atomic E-state index is 0.0758. The molecule has 6 nitrogen and oxygen atoms in total. The second-order valence-electron chi connectivity index (χ2n) is 5.78. The van der Waals surface area contributed by atoms with Gasteiger partial charge in [0.1, 0.15) is 0 Å². The van der Waals surface area contributed by atoms with Gasteiger partial charge < -0.3 is 9.47 Å². The summed E-state index contributed by atoms with van der Waals surface area (Å²) in [4.78, 5) is 26.2. The third-order valence-electron chi connectivity index (χ3n) is 4.33. The molecule has 1 saturated heterocycles. The van der Waals surface area contributed by atoms with Gasteiger partial charge in [0, 0.05) is 37.3 Å². The summed E-state index contributed by atoms with van der Waals surface area (Å²) in [5, 5.41) is 0.199. The largest absolute Gasteiger partial charge is 0.340 e. The van der Waals surface area contributed by atoms with Gasteiger partial charge in [0.25, 0.3) is 5.56 Å². The van der Waals surface area contributed by atoms with E-state index in [2.05, 4.69) is 19.9 Å². The molecule has 2 bridgehead atoms. The number of piperidine rings is 1. The first-order valence-electron chi connectivity index (χ1n) is 7.12. The zero-order valence-corrected chi connectivity index (χ0v) is 13.1. The van der Waals surface area contributed by atoms with E-state index < -0.39 is 0 Å². The number of aromatic nitrogens is 4. The van der Waals surface area contributed by atoms with Crippen LogP contribution >= 0.6 is 23.2 Å². The van der Waals surface area contributed by atoms with E-state index in [1.54, 1.807) is 6.07 Å². The van der Waals surface area contributed by atoms with E-state index in [4.69, 9.17) is 23.2 Å². The van der Waals surface area contributed by atoms with Crippen molar-refractivity contribution in [1.82, 2.24) is 19.5 Å². The van der Waals surface area contributed by atoms with Crippen LogP contribution in [0.5, 0.6) is 0 Å².